The van der Waals surface area contributed by atoms with E-state index in [0.29, 0.717) is 0 Å². The molecule has 0 saturated carbocycles. The van der Waals surface area contributed by atoms with Crippen molar-refractivity contribution in [1.82, 2.24) is 9.97 Å². The van der Waals surface area contributed by atoms with E-state index in [2.05, 4.69) is 218 Å². The van der Waals surface area contributed by atoms with Crippen LogP contribution in [0, 0.1) is 0 Å². The molecule has 1 spiro atoms. The van der Waals surface area contributed by atoms with Gasteiger partial charge in [-0.25, -0.2) is 9.97 Å². The zero-order valence-electron chi connectivity index (χ0n) is 32.7. The van der Waals surface area contributed by atoms with Gasteiger partial charge in [0.15, 0.2) is 5.82 Å². The summed E-state index contributed by atoms with van der Waals surface area (Å²) >= 11 is 0. The molecule has 3 aliphatic carbocycles. The molecule has 0 saturated heterocycles. The van der Waals surface area contributed by atoms with Crippen LogP contribution in [0.3, 0.4) is 0 Å². The molecule has 0 N–H and O–H groups in total. The van der Waals surface area contributed by atoms with Gasteiger partial charge in [0.25, 0.3) is 0 Å². The Kier molecular flexibility index (Phi) is 6.89. The van der Waals surface area contributed by atoms with Gasteiger partial charge in [-0.05, 0) is 90.0 Å². The van der Waals surface area contributed by atoms with E-state index >= 15 is 0 Å². The summed E-state index contributed by atoms with van der Waals surface area (Å²) in [6.45, 7) is 0. The fourth-order valence-electron chi connectivity index (χ4n) is 11.3. The van der Waals surface area contributed by atoms with Crippen molar-refractivity contribution in [3.05, 3.63) is 263 Å². The summed E-state index contributed by atoms with van der Waals surface area (Å²) in [7, 11) is 0. The molecule has 10 aromatic rings. The Labute approximate surface area is 349 Å². The van der Waals surface area contributed by atoms with Crippen molar-refractivity contribution in [2.24, 2.45) is 0 Å². The summed E-state index contributed by atoms with van der Waals surface area (Å²) in [6, 6.07) is 80.4. The molecular formula is C58H36N2. The third-order valence-corrected chi connectivity index (χ3v) is 13.6. The highest BCUT2D eigenvalue weighted by Gasteiger charge is 2.59. The van der Waals surface area contributed by atoms with Crippen LogP contribution in [-0.4, -0.2) is 9.97 Å². The van der Waals surface area contributed by atoms with Gasteiger partial charge in [0, 0.05) is 16.5 Å². The first kappa shape index (κ1) is 33.3. The van der Waals surface area contributed by atoms with Crippen molar-refractivity contribution in [2.45, 2.75) is 10.8 Å². The molecule has 1 aromatic heterocycles. The van der Waals surface area contributed by atoms with Crippen LogP contribution >= 0.6 is 0 Å². The summed E-state index contributed by atoms with van der Waals surface area (Å²) in [5.41, 5.74) is 21.1. The Morgan fingerprint density at radius 1 is 0.300 bits per heavy atom. The molecule has 0 amide bonds. The van der Waals surface area contributed by atoms with E-state index in [9.17, 15) is 0 Å². The van der Waals surface area contributed by atoms with Gasteiger partial charge in [0.2, 0.25) is 0 Å². The lowest BCUT2D eigenvalue weighted by molar-refractivity contribution is 0.636. The van der Waals surface area contributed by atoms with Crippen LogP contribution < -0.4 is 0 Å². The highest BCUT2D eigenvalue weighted by Crippen LogP contribution is 2.68. The zero-order chi connectivity index (χ0) is 39.4. The minimum absolute atomic E-state index is 0.460. The van der Waals surface area contributed by atoms with Crippen LogP contribution in [0.1, 0.15) is 44.5 Å². The predicted molar refractivity (Wildman–Crippen MR) is 244 cm³/mol. The average molecular weight is 761 g/mol. The van der Waals surface area contributed by atoms with Crippen LogP contribution in [0.2, 0.25) is 0 Å². The molecule has 0 fully saturated rings. The van der Waals surface area contributed by atoms with Crippen molar-refractivity contribution in [2.75, 3.05) is 0 Å². The summed E-state index contributed by atoms with van der Waals surface area (Å²) in [4.78, 5) is 10.6. The van der Waals surface area contributed by atoms with Gasteiger partial charge in [-0.2, -0.15) is 0 Å². The molecule has 9 aromatic carbocycles. The van der Waals surface area contributed by atoms with Gasteiger partial charge in [-0.1, -0.05) is 206 Å². The smallest absolute Gasteiger partial charge is 0.160 e. The minimum Gasteiger partial charge on any atom is -0.228 e. The first-order chi connectivity index (χ1) is 29.8. The van der Waals surface area contributed by atoms with Crippen LogP contribution in [0.25, 0.3) is 66.9 Å². The van der Waals surface area contributed by atoms with E-state index in [1.807, 2.05) is 0 Å². The fraction of sp³-hybridized carbons (Fsp3) is 0.0345. The summed E-state index contributed by atoms with van der Waals surface area (Å²) in [5.74, 6) is 0.722. The number of benzene rings is 9. The van der Waals surface area contributed by atoms with Crippen LogP contribution in [0.5, 0.6) is 0 Å². The molecular weight excluding hydrogens is 725 g/mol. The third-order valence-electron chi connectivity index (χ3n) is 13.6. The molecule has 3 aliphatic rings. The average Bonchev–Trinajstić information content (AvgIpc) is 3.80. The molecule has 13 rings (SSSR count). The lowest BCUT2D eigenvalue weighted by Crippen LogP contribution is -2.43. The highest BCUT2D eigenvalue weighted by molar-refractivity contribution is 5.97. The second kappa shape index (κ2) is 12.4. The number of para-hydroxylation sites is 1. The van der Waals surface area contributed by atoms with Gasteiger partial charge in [0.05, 0.1) is 22.0 Å². The highest BCUT2D eigenvalue weighted by atomic mass is 14.9. The second-order valence-corrected chi connectivity index (χ2v) is 16.3. The first-order valence-corrected chi connectivity index (χ1v) is 20.8. The number of hydrogen-bond donors (Lipinski definition) is 0. The fourth-order valence-corrected chi connectivity index (χ4v) is 11.3. The van der Waals surface area contributed by atoms with Crippen molar-refractivity contribution in [1.29, 1.82) is 0 Å². The topological polar surface area (TPSA) is 25.8 Å². The number of hydrogen-bond acceptors (Lipinski definition) is 2. The predicted octanol–water partition coefficient (Wildman–Crippen LogP) is 13.7. The van der Waals surface area contributed by atoms with Crippen molar-refractivity contribution in [3.8, 4) is 56.0 Å². The molecule has 60 heavy (non-hydrogen) atoms. The van der Waals surface area contributed by atoms with E-state index in [-0.39, 0.29) is 0 Å². The number of rotatable bonds is 4. The number of aromatic nitrogens is 2. The number of fused-ring (bicyclic) bond motifs is 13. The van der Waals surface area contributed by atoms with Crippen LogP contribution in [0.15, 0.2) is 218 Å². The molecule has 0 bridgehead atoms. The molecule has 2 unspecified atom stereocenters. The van der Waals surface area contributed by atoms with Crippen LogP contribution in [-0.2, 0) is 10.8 Å². The molecule has 0 radical (unpaired) electrons. The summed E-state index contributed by atoms with van der Waals surface area (Å²) in [6.07, 6.45) is 0. The normalized spacial score (nSPS) is 17.5. The van der Waals surface area contributed by atoms with Crippen molar-refractivity contribution < 1.29 is 0 Å². The Morgan fingerprint density at radius 3 is 1.58 bits per heavy atom. The lowest BCUT2D eigenvalue weighted by atomic mass is 9.52. The monoisotopic (exact) mass is 760 g/mol. The molecule has 2 nitrogen and oxygen atoms in total. The Morgan fingerprint density at radius 2 is 0.817 bits per heavy atom. The molecule has 0 aliphatic heterocycles. The maximum Gasteiger partial charge on any atom is 0.160 e. The van der Waals surface area contributed by atoms with E-state index in [1.54, 1.807) is 0 Å². The zero-order valence-corrected chi connectivity index (χ0v) is 32.7. The summed E-state index contributed by atoms with van der Waals surface area (Å²) in [5, 5.41) is 1.04. The second-order valence-electron chi connectivity index (χ2n) is 16.3. The van der Waals surface area contributed by atoms with Gasteiger partial charge in [0.1, 0.15) is 0 Å². The minimum atomic E-state index is -0.539. The quantitative estimate of drug-likeness (QED) is 0.179. The summed E-state index contributed by atoms with van der Waals surface area (Å²) < 4.78 is 0. The maximum absolute atomic E-state index is 5.39. The standard InChI is InChI=1S/C58H36N2/c1-3-16-37(17-4-1)38-30-32-39(33-31-38)55-45-22-9-14-29-53(45)59-56(60-55)40-34-35-49-46(36-40)43-21-8-11-25-48(43)58(49)51-27-13-12-26-50(51)57(41-18-5-2-6-19-41)47-24-10-7-20-42(47)44-23-15-28-52(58)54(44)57/h1-36H. The Hall–Kier alpha value is -7.68. The van der Waals surface area contributed by atoms with Crippen molar-refractivity contribution >= 4 is 10.9 Å². The first-order valence-electron chi connectivity index (χ1n) is 20.8. The molecule has 2 atom stereocenters. The Bertz CT molecular complexity index is 3370. The third kappa shape index (κ3) is 4.27. The van der Waals surface area contributed by atoms with Gasteiger partial charge in [-0.15, -0.1) is 0 Å². The van der Waals surface area contributed by atoms with Crippen LogP contribution in [0.4, 0.5) is 0 Å². The Balaban J connectivity index is 1.05. The SMILES string of the molecule is c1ccc(-c2ccc(-c3nc(-c4ccc5c(c4)-c4ccccc4C54c5ccccc5C5(c6ccccc6)c6ccccc6-c6cccc4c65)nc4ccccc34)cc2)cc1. The van der Waals surface area contributed by atoms with Crippen molar-refractivity contribution in [3.63, 3.8) is 0 Å². The molecule has 1 heterocycles. The number of nitrogens with zero attached hydrogens (tertiary/aromatic N) is 2. The molecule has 2 heteroatoms. The van der Waals surface area contributed by atoms with Gasteiger partial charge >= 0.3 is 0 Å². The van der Waals surface area contributed by atoms with E-state index in [1.165, 1.54) is 77.9 Å². The van der Waals surface area contributed by atoms with Gasteiger partial charge in [-0.3, -0.25) is 0 Å². The van der Waals surface area contributed by atoms with Gasteiger partial charge < -0.3 is 0 Å². The van der Waals surface area contributed by atoms with E-state index < -0.39 is 10.8 Å². The molecule has 278 valence electrons. The van der Waals surface area contributed by atoms with E-state index in [4.69, 9.17) is 9.97 Å². The maximum atomic E-state index is 5.39. The lowest BCUT2D eigenvalue weighted by Gasteiger charge is -2.48. The van der Waals surface area contributed by atoms with E-state index in [0.717, 1.165) is 33.5 Å². The largest absolute Gasteiger partial charge is 0.228 e.